The average Bonchev–Trinajstić information content (AvgIpc) is 2.57. The van der Waals surface area contributed by atoms with Crippen molar-refractivity contribution < 1.29 is 9.53 Å². The van der Waals surface area contributed by atoms with E-state index in [4.69, 9.17) is 16.3 Å². The van der Waals surface area contributed by atoms with Gasteiger partial charge in [-0.25, -0.2) is 0 Å². The standard InChI is InChI=1S/C18H20BrClN2O2/c1-3-16(12-4-6-13(19)7-5-12)21-11-18(23)22-14-8-9-17(24-2)15(20)10-14/h4-10,16,21H,3,11H2,1-2H3,(H,22,23)/t16-/m1/s1. The Bertz CT molecular complexity index is 692. The number of methoxy groups -OCH3 is 1. The van der Waals surface area contributed by atoms with E-state index in [9.17, 15) is 4.79 Å². The van der Waals surface area contributed by atoms with Crippen molar-refractivity contribution in [1.29, 1.82) is 0 Å². The Morgan fingerprint density at radius 1 is 1.25 bits per heavy atom. The van der Waals surface area contributed by atoms with Crippen LogP contribution in [-0.4, -0.2) is 19.6 Å². The Hall–Kier alpha value is -1.56. The molecule has 2 N–H and O–H groups in total. The van der Waals surface area contributed by atoms with Gasteiger partial charge in [0.05, 0.1) is 18.7 Å². The van der Waals surface area contributed by atoms with Gasteiger partial charge in [0.25, 0.3) is 0 Å². The highest BCUT2D eigenvalue weighted by Gasteiger charge is 2.11. The molecule has 0 unspecified atom stereocenters. The predicted molar refractivity (Wildman–Crippen MR) is 102 cm³/mol. The van der Waals surface area contributed by atoms with E-state index in [0.717, 1.165) is 16.5 Å². The molecule has 0 aromatic heterocycles. The molecule has 128 valence electrons. The molecule has 0 radical (unpaired) electrons. The van der Waals surface area contributed by atoms with Gasteiger partial charge >= 0.3 is 0 Å². The van der Waals surface area contributed by atoms with Crippen molar-refractivity contribution in [3.05, 3.63) is 57.5 Å². The highest BCUT2D eigenvalue weighted by Crippen LogP contribution is 2.27. The van der Waals surface area contributed by atoms with Crippen LogP contribution in [0.2, 0.25) is 5.02 Å². The fourth-order valence-electron chi connectivity index (χ4n) is 2.36. The van der Waals surface area contributed by atoms with Crippen molar-refractivity contribution in [2.45, 2.75) is 19.4 Å². The lowest BCUT2D eigenvalue weighted by molar-refractivity contribution is -0.115. The van der Waals surface area contributed by atoms with Crippen molar-refractivity contribution in [3.8, 4) is 5.75 Å². The fourth-order valence-corrected chi connectivity index (χ4v) is 2.88. The molecule has 0 aliphatic carbocycles. The summed E-state index contributed by atoms with van der Waals surface area (Å²) in [6.45, 7) is 2.30. The summed E-state index contributed by atoms with van der Waals surface area (Å²) in [5, 5.41) is 6.57. The second kappa shape index (κ2) is 9.06. The molecule has 0 aliphatic heterocycles. The Kier molecular flexibility index (Phi) is 7.09. The van der Waals surface area contributed by atoms with Gasteiger partial charge in [-0.05, 0) is 42.3 Å². The molecule has 0 spiro atoms. The van der Waals surface area contributed by atoms with Gasteiger partial charge in [-0.3, -0.25) is 4.79 Å². The smallest absolute Gasteiger partial charge is 0.238 e. The van der Waals surface area contributed by atoms with Crippen molar-refractivity contribution in [2.24, 2.45) is 0 Å². The first-order valence-electron chi connectivity index (χ1n) is 7.65. The van der Waals surface area contributed by atoms with Crippen LogP contribution in [0.1, 0.15) is 24.9 Å². The third-order valence-electron chi connectivity index (χ3n) is 3.63. The van der Waals surface area contributed by atoms with Gasteiger partial charge < -0.3 is 15.4 Å². The Morgan fingerprint density at radius 2 is 1.96 bits per heavy atom. The molecule has 1 amide bonds. The van der Waals surface area contributed by atoms with E-state index in [1.54, 1.807) is 25.3 Å². The van der Waals surface area contributed by atoms with Crippen LogP contribution < -0.4 is 15.4 Å². The predicted octanol–water partition coefficient (Wildman–Crippen LogP) is 4.79. The minimum absolute atomic E-state index is 0.119. The third-order valence-corrected chi connectivity index (χ3v) is 4.45. The summed E-state index contributed by atoms with van der Waals surface area (Å²) >= 11 is 9.49. The van der Waals surface area contributed by atoms with Crippen LogP contribution in [0.5, 0.6) is 5.75 Å². The minimum atomic E-state index is -0.119. The lowest BCUT2D eigenvalue weighted by Gasteiger charge is -2.17. The number of benzene rings is 2. The van der Waals surface area contributed by atoms with Crippen LogP contribution in [0, 0.1) is 0 Å². The highest BCUT2D eigenvalue weighted by molar-refractivity contribution is 9.10. The molecule has 2 aromatic carbocycles. The van der Waals surface area contributed by atoms with Crippen molar-refractivity contribution in [3.63, 3.8) is 0 Å². The van der Waals surface area contributed by atoms with E-state index >= 15 is 0 Å². The summed E-state index contributed by atoms with van der Waals surface area (Å²) in [7, 11) is 1.55. The zero-order chi connectivity index (χ0) is 17.5. The number of rotatable bonds is 7. The number of halogens is 2. The highest BCUT2D eigenvalue weighted by atomic mass is 79.9. The van der Waals surface area contributed by atoms with Gasteiger partial charge in [0, 0.05) is 16.2 Å². The largest absolute Gasteiger partial charge is 0.495 e. The topological polar surface area (TPSA) is 50.4 Å². The lowest BCUT2D eigenvalue weighted by atomic mass is 10.0. The number of amides is 1. The number of carbonyl (C=O) groups excluding carboxylic acids is 1. The van der Waals surface area contributed by atoms with Crippen LogP contribution >= 0.6 is 27.5 Å². The lowest BCUT2D eigenvalue weighted by Crippen LogP contribution is -2.31. The van der Waals surface area contributed by atoms with E-state index in [1.807, 2.05) is 24.3 Å². The molecule has 0 fully saturated rings. The molecule has 1 atom stereocenters. The molecule has 0 heterocycles. The van der Waals surface area contributed by atoms with E-state index in [2.05, 4.69) is 33.5 Å². The average molecular weight is 412 g/mol. The number of nitrogens with one attached hydrogen (secondary N) is 2. The number of anilines is 1. The fraction of sp³-hybridized carbons (Fsp3) is 0.278. The van der Waals surface area contributed by atoms with E-state index in [0.29, 0.717) is 16.5 Å². The van der Waals surface area contributed by atoms with Crippen molar-refractivity contribution >= 4 is 39.1 Å². The number of ether oxygens (including phenoxy) is 1. The van der Waals surface area contributed by atoms with Gasteiger partial charge in [-0.2, -0.15) is 0 Å². The number of carbonyl (C=O) groups is 1. The maximum absolute atomic E-state index is 12.1. The van der Waals surface area contributed by atoms with Crippen LogP contribution in [-0.2, 0) is 4.79 Å². The molecule has 0 saturated carbocycles. The van der Waals surface area contributed by atoms with Gasteiger partial charge in [0.1, 0.15) is 5.75 Å². The summed E-state index contributed by atoms with van der Waals surface area (Å²) in [6.07, 6.45) is 0.892. The monoisotopic (exact) mass is 410 g/mol. The molecular formula is C18H20BrClN2O2. The molecule has 2 aromatic rings. The first kappa shape index (κ1) is 18.8. The zero-order valence-electron chi connectivity index (χ0n) is 13.6. The Balaban J connectivity index is 1.91. The third kappa shape index (κ3) is 5.23. The Labute approximate surface area is 155 Å². The van der Waals surface area contributed by atoms with Gasteiger partial charge in [-0.1, -0.05) is 46.6 Å². The van der Waals surface area contributed by atoms with Crippen molar-refractivity contribution in [1.82, 2.24) is 5.32 Å². The quantitative estimate of drug-likeness (QED) is 0.688. The zero-order valence-corrected chi connectivity index (χ0v) is 15.9. The van der Waals surface area contributed by atoms with Gasteiger partial charge in [0.2, 0.25) is 5.91 Å². The van der Waals surface area contributed by atoms with Crippen LogP contribution in [0.3, 0.4) is 0 Å². The second-order valence-corrected chi connectivity index (χ2v) is 6.61. The van der Waals surface area contributed by atoms with Gasteiger partial charge in [-0.15, -0.1) is 0 Å². The van der Waals surface area contributed by atoms with Crippen LogP contribution in [0.15, 0.2) is 46.9 Å². The maximum atomic E-state index is 12.1. The number of hydrogen-bond donors (Lipinski definition) is 2. The molecule has 0 saturated heterocycles. The first-order valence-corrected chi connectivity index (χ1v) is 8.82. The van der Waals surface area contributed by atoms with Gasteiger partial charge in [0.15, 0.2) is 0 Å². The van der Waals surface area contributed by atoms with E-state index < -0.39 is 0 Å². The van der Waals surface area contributed by atoms with Crippen LogP contribution in [0.25, 0.3) is 0 Å². The van der Waals surface area contributed by atoms with E-state index in [-0.39, 0.29) is 18.5 Å². The molecule has 2 rings (SSSR count). The van der Waals surface area contributed by atoms with E-state index in [1.165, 1.54) is 0 Å². The molecular weight excluding hydrogens is 392 g/mol. The molecule has 6 heteroatoms. The SMILES string of the molecule is CC[C@@H](NCC(=O)Nc1ccc(OC)c(Cl)c1)c1ccc(Br)cc1. The normalized spacial score (nSPS) is 11.8. The summed E-state index contributed by atoms with van der Waals surface area (Å²) in [5.74, 6) is 0.459. The Morgan fingerprint density at radius 3 is 2.54 bits per heavy atom. The molecule has 0 bridgehead atoms. The summed E-state index contributed by atoms with van der Waals surface area (Å²) in [5.41, 5.74) is 1.80. The molecule has 4 nitrogen and oxygen atoms in total. The summed E-state index contributed by atoms with van der Waals surface area (Å²) in [4.78, 5) is 12.1. The molecule has 0 aliphatic rings. The number of hydrogen-bond acceptors (Lipinski definition) is 3. The van der Waals surface area contributed by atoms with Crippen LogP contribution in [0.4, 0.5) is 5.69 Å². The van der Waals surface area contributed by atoms with Crippen molar-refractivity contribution in [2.75, 3.05) is 19.0 Å². The summed E-state index contributed by atoms with van der Waals surface area (Å²) < 4.78 is 6.13. The first-order chi connectivity index (χ1) is 11.5. The summed E-state index contributed by atoms with van der Waals surface area (Å²) in [6, 6.07) is 13.4. The maximum Gasteiger partial charge on any atom is 0.238 e. The second-order valence-electron chi connectivity index (χ2n) is 5.29. The minimum Gasteiger partial charge on any atom is -0.495 e. The molecule has 24 heavy (non-hydrogen) atoms.